The Morgan fingerprint density at radius 3 is 2.17 bits per heavy atom. The van der Waals surface area contributed by atoms with E-state index in [1.165, 1.54) is 0 Å². The monoisotopic (exact) mass is 178 g/mol. The fourth-order valence-electron chi connectivity index (χ4n) is 0.415. The van der Waals surface area contributed by atoms with E-state index in [9.17, 15) is 9.59 Å². The third-order valence-electron chi connectivity index (χ3n) is 0.791. The maximum Gasteiger partial charge on any atom is 0.508 e. The highest BCUT2D eigenvalue weighted by molar-refractivity contribution is 5.61. The summed E-state index contributed by atoms with van der Waals surface area (Å²) in [5.41, 5.74) is 0. The number of carboxylic acid groups (broad SMARTS) is 1. The van der Waals surface area contributed by atoms with Gasteiger partial charge in [-0.05, 0) is 6.92 Å². The maximum atomic E-state index is 9.80. The average molecular weight is 178 g/mol. The van der Waals surface area contributed by atoms with Gasteiger partial charge in [-0.25, -0.2) is 9.59 Å². The van der Waals surface area contributed by atoms with Gasteiger partial charge in [-0.15, -0.1) is 0 Å². The van der Waals surface area contributed by atoms with Crippen LogP contribution in [0.25, 0.3) is 0 Å². The van der Waals surface area contributed by atoms with Crippen molar-refractivity contribution >= 4 is 12.3 Å². The molecule has 0 bridgehead atoms. The van der Waals surface area contributed by atoms with Crippen LogP contribution in [0.4, 0.5) is 9.59 Å². The van der Waals surface area contributed by atoms with Crippen molar-refractivity contribution in [2.24, 2.45) is 0 Å². The molecule has 1 aliphatic rings. The van der Waals surface area contributed by atoms with Gasteiger partial charge < -0.3 is 19.3 Å². The molecule has 0 aromatic rings. The summed E-state index contributed by atoms with van der Waals surface area (Å²) < 4.78 is 12.5. The predicted octanol–water partition coefficient (Wildman–Crippen LogP) is 0.854. The third kappa shape index (κ3) is 6.66. The molecule has 1 fully saturated rings. The minimum absolute atomic E-state index is 0.231. The van der Waals surface area contributed by atoms with Crippen LogP contribution >= 0.6 is 0 Å². The quantitative estimate of drug-likeness (QED) is 0.599. The highest BCUT2D eigenvalue weighted by atomic mass is 16.8. The molecule has 6 heteroatoms. The number of ether oxygens (including phenoxy) is 3. The van der Waals surface area contributed by atoms with Crippen molar-refractivity contribution in [1.29, 1.82) is 0 Å². The summed E-state index contributed by atoms with van der Waals surface area (Å²) in [6.45, 7) is 2.68. The van der Waals surface area contributed by atoms with Crippen molar-refractivity contribution in [1.82, 2.24) is 0 Å². The van der Waals surface area contributed by atoms with Crippen LogP contribution in [0.15, 0.2) is 0 Å². The standard InChI is InChI=1S/C3H4O3.C3H6O3/c4-3-5-1-2-6-3;1-2-6-3(4)5/h1-2H2;2H2,1H3,(H,4,5). The van der Waals surface area contributed by atoms with Crippen LogP contribution in [0, 0.1) is 0 Å². The molecule has 0 aromatic heterocycles. The molecule has 6 nitrogen and oxygen atoms in total. The largest absolute Gasteiger partial charge is 0.508 e. The molecule has 1 N–H and O–H groups in total. The van der Waals surface area contributed by atoms with Crippen LogP contribution in [0.1, 0.15) is 6.92 Å². The van der Waals surface area contributed by atoms with E-state index in [4.69, 9.17) is 5.11 Å². The zero-order valence-corrected chi connectivity index (χ0v) is 6.61. The van der Waals surface area contributed by atoms with Gasteiger partial charge in [-0.3, -0.25) is 0 Å². The molecule has 0 amide bonds. The summed E-state index contributed by atoms with van der Waals surface area (Å²) >= 11 is 0. The zero-order chi connectivity index (χ0) is 9.40. The molecule has 1 rings (SSSR count). The fraction of sp³-hybridized carbons (Fsp3) is 0.667. The summed E-state index contributed by atoms with van der Waals surface area (Å²) in [5, 5.41) is 7.69. The van der Waals surface area contributed by atoms with Crippen molar-refractivity contribution in [3.8, 4) is 0 Å². The van der Waals surface area contributed by atoms with Crippen molar-refractivity contribution in [2.45, 2.75) is 6.92 Å². The van der Waals surface area contributed by atoms with Gasteiger partial charge in [0.25, 0.3) is 0 Å². The molecule has 0 radical (unpaired) electrons. The Labute approximate surface area is 69.0 Å². The fourth-order valence-corrected chi connectivity index (χ4v) is 0.415. The highest BCUT2D eigenvalue weighted by Crippen LogP contribution is 1.92. The Bertz CT molecular complexity index is 146. The van der Waals surface area contributed by atoms with Crippen LogP contribution in [0.5, 0.6) is 0 Å². The first-order valence-electron chi connectivity index (χ1n) is 3.32. The molecule has 0 atom stereocenters. The SMILES string of the molecule is CCOC(=O)O.O=C1OCCO1. The molecule has 1 aliphatic heterocycles. The van der Waals surface area contributed by atoms with Crippen molar-refractivity contribution in [2.75, 3.05) is 19.8 Å². The van der Waals surface area contributed by atoms with Gasteiger partial charge in [0.2, 0.25) is 0 Å². The van der Waals surface area contributed by atoms with E-state index >= 15 is 0 Å². The number of hydrogen-bond donors (Lipinski definition) is 1. The lowest BCUT2D eigenvalue weighted by Gasteiger charge is -1.87. The van der Waals surface area contributed by atoms with Crippen LogP contribution in [-0.4, -0.2) is 37.2 Å². The highest BCUT2D eigenvalue weighted by Gasteiger charge is 2.09. The molecule has 0 saturated carbocycles. The molecule has 0 spiro atoms. The summed E-state index contributed by atoms with van der Waals surface area (Å²) in [6.07, 6.45) is -1.76. The van der Waals surface area contributed by atoms with E-state index in [2.05, 4.69) is 14.2 Å². The zero-order valence-electron chi connectivity index (χ0n) is 6.61. The first kappa shape index (κ1) is 10.5. The Morgan fingerprint density at radius 2 is 2.08 bits per heavy atom. The lowest BCUT2D eigenvalue weighted by molar-refractivity contribution is 0.0965. The summed E-state index contributed by atoms with van der Waals surface area (Å²) in [6, 6.07) is 0. The Balaban J connectivity index is 0.000000202. The maximum absolute atomic E-state index is 9.80. The summed E-state index contributed by atoms with van der Waals surface area (Å²) in [5.74, 6) is 0. The van der Waals surface area contributed by atoms with E-state index in [1.807, 2.05) is 0 Å². The van der Waals surface area contributed by atoms with Crippen LogP contribution in [0.2, 0.25) is 0 Å². The van der Waals surface area contributed by atoms with Crippen molar-refractivity contribution < 1.29 is 28.9 Å². The number of cyclic esters (lactones) is 2. The van der Waals surface area contributed by atoms with E-state index in [1.54, 1.807) is 6.92 Å². The number of carbonyl (C=O) groups is 2. The van der Waals surface area contributed by atoms with Crippen LogP contribution in [0.3, 0.4) is 0 Å². The lowest BCUT2D eigenvalue weighted by Crippen LogP contribution is -1.97. The normalized spacial score (nSPS) is 13.6. The minimum atomic E-state index is -1.21. The van der Waals surface area contributed by atoms with Gasteiger partial charge in [0.15, 0.2) is 0 Å². The van der Waals surface area contributed by atoms with Gasteiger partial charge in [0.05, 0.1) is 6.61 Å². The van der Waals surface area contributed by atoms with E-state index in [-0.39, 0.29) is 6.61 Å². The Kier molecular flexibility index (Phi) is 5.50. The Hall–Kier alpha value is -1.46. The topological polar surface area (TPSA) is 82.1 Å². The summed E-state index contributed by atoms with van der Waals surface area (Å²) in [7, 11) is 0. The second-order valence-electron chi connectivity index (χ2n) is 1.65. The predicted molar refractivity (Wildman–Crippen MR) is 37.0 cm³/mol. The molecule has 70 valence electrons. The van der Waals surface area contributed by atoms with E-state index < -0.39 is 12.3 Å². The number of carbonyl (C=O) groups excluding carboxylic acids is 1. The van der Waals surface area contributed by atoms with Gasteiger partial charge in [-0.2, -0.15) is 0 Å². The smallest absolute Gasteiger partial charge is 0.450 e. The molecular weight excluding hydrogens is 168 g/mol. The van der Waals surface area contributed by atoms with Gasteiger partial charge >= 0.3 is 12.3 Å². The second-order valence-corrected chi connectivity index (χ2v) is 1.65. The number of rotatable bonds is 1. The van der Waals surface area contributed by atoms with Crippen molar-refractivity contribution in [3.63, 3.8) is 0 Å². The molecule has 1 heterocycles. The minimum Gasteiger partial charge on any atom is -0.450 e. The summed E-state index contributed by atoms with van der Waals surface area (Å²) in [4.78, 5) is 19.2. The van der Waals surface area contributed by atoms with Crippen LogP contribution < -0.4 is 0 Å². The Morgan fingerprint density at radius 1 is 1.58 bits per heavy atom. The molecule has 0 aromatic carbocycles. The van der Waals surface area contributed by atoms with Crippen molar-refractivity contribution in [3.05, 3.63) is 0 Å². The molecule has 0 aliphatic carbocycles. The molecule has 12 heavy (non-hydrogen) atoms. The van der Waals surface area contributed by atoms with Gasteiger partial charge in [0, 0.05) is 0 Å². The first-order chi connectivity index (χ1) is 5.66. The van der Waals surface area contributed by atoms with Gasteiger partial charge in [-0.1, -0.05) is 0 Å². The molecular formula is C6H10O6. The van der Waals surface area contributed by atoms with E-state index in [0.717, 1.165) is 0 Å². The van der Waals surface area contributed by atoms with Crippen LogP contribution in [-0.2, 0) is 14.2 Å². The second kappa shape index (κ2) is 6.26. The lowest BCUT2D eigenvalue weighted by atomic mass is 10.8. The number of hydrogen-bond acceptors (Lipinski definition) is 5. The van der Waals surface area contributed by atoms with E-state index in [0.29, 0.717) is 13.2 Å². The van der Waals surface area contributed by atoms with Gasteiger partial charge in [0.1, 0.15) is 13.2 Å². The average Bonchev–Trinajstić information content (AvgIpc) is 2.40. The first-order valence-corrected chi connectivity index (χ1v) is 3.32. The molecule has 0 unspecified atom stereocenters. The third-order valence-corrected chi connectivity index (χ3v) is 0.791. The molecule has 1 saturated heterocycles.